The van der Waals surface area contributed by atoms with Crippen molar-refractivity contribution in [3.05, 3.63) is 0 Å². The molecule has 0 aromatic carbocycles. The van der Waals surface area contributed by atoms with E-state index in [-0.39, 0.29) is 0 Å². The molecule has 0 spiro atoms. The van der Waals surface area contributed by atoms with Crippen LogP contribution in [0.25, 0.3) is 0 Å². The maximum Gasteiger partial charge on any atom is 0.0471 e. The summed E-state index contributed by atoms with van der Waals surface area (Å²) in [5.41, 5.74) is 0.498. The van der Waals surface area contributed by atoms with Gasteiger partial charge < -0.3 is 15.3 Å². The summed E-state index contributed by atoms with van der Waals surface area (Å²) in [5.74, 6) is 1.26. The van der Waals surface area contributed by atoms with Crippen molar-refractivity contribution in [2.45, 2.75) is 52.4 Å². The van der Waals surface area contributed by atoms with E-state index in [9.17, 15) is 5.11 Å². The predicted octanol–water partition coefficient (Wildman–Crippen LogP) is 2.50. The highest BCUT2D eigenvalue weighted by Gasteiger charge is 2.35. The van der Waals surface area contributed by atoms with Crippen molar-refractivity contribution in [1.82, 2.24) is 10.2 Å². The van der Waals surface area contributed by atoms with Crippen molar-refractivity contribution in [3.8, 4) is 0 Å². The summed E-state index contributed by atoms with van der Waals surface area (Å²) >= 11 is 0. The summed E-state index contributed by atoms with van der Waals surface area (Å²) < 4.78 is 0. The van der Waals surface area contributed by atoms with Gasteiger partial charge in [-0.05, 0) is 49.6 Å². The zero-order valence-electron chi connectivity index (χ0n) is 13.5. The molecule has 1 aliphatic heterocycles. The summed E-state index contributed by atoms with van der Waals surface area (Å²) in [5, 5.41) is 13.0. The molecule has 3 nitrogen and oxygen atoms in total. The number of likely N-dealkylation sites (tertiary alicyclic amines) is 1. The highest BCUT2D eigenvalue weighted by atomic mass is 16.3. The van der Waals surface area contributed by atoms with E-state index in [1.807, 2.05) is 0 Å². The Kier molecular flexibility index (Phi) is 6.31. The molecular formula is C17H34N2O. The molecule has 1 saturated heterocycles. The number of rotatable bonds is 7. The van der Waals surface area contributed by atoms with Gasteiger partial charge in [0.05, 0.1) is 0 Å². The standard InChI is InChI=1S/C17H34N2O/c1-15(2)10-18-13-17(7-4-3-5-8-17)14-19-9-6-16(11-19)12-20/h15-16,18,20H,3-14H2,1-2H3. The number of aliphatic hydroxyl groups excluding tert-OH is 1. The lowest BCUT2D eigenvalue weighted by Gasteiger charge is -2.40. The molecule has 118 valence electrons. The fraction of sp³-hybridized carbons (Fsp3) is 1.00. The van der Waals surface area contributed by atoms with E-state index in [4.69, 9.17) is 0 Å². The Bertz CT molecular complexity index is 274. The van der Waals surface area contributed by atoms with Crippen LogP contribution in [0.1, 0.15) is 52.4 Å². The first-order valence-corrected chi connectivity index (χ1v) is 8.67. The maximum atomic E-state index is 9.32. The molecule has 0 radical (unpaired) electrons. The predicted molar refractivity (Wildman–Crippen MR) is 84.9 cm³/mol. The molecule has 2 rings (SSSR count). The lowest BCUT2D eigenvalue weighted by atomic mass is 9.73. The molecule has 0 bridgehead atoms. The van der Waals surface area contributed by atoms with E-state index in [0.717, 1.165) is 19.0 Å². The van der Waals surface area contributed by atoms with Gasteiger partial charge in [0.1, 0.15) is 0 Å². The van der Waals surface area contributed by atoms with Crippen LogP contribution >= 0.6 is 0 Å². The van der Waals surface area contributed by atoms with Gasteiger partial charge >= 0.3 is 0 Å². The minimum absolute atomic E-state index is 0.370. The zero-order chi connectivity index (χ0) is 14.4. The summed E-state index contributed by atoms with van der Waals surface area (Å²) in [6.45, 7) is 10.8. The van der Waals surface area contributed by atoms with Crippen LogP contribution in [0.4, 0.5) is 0 Å². The summed E-state index contributed by atoms with van der Waals surface area (Å²) in [4.78, 5) is 2.61. The average Bonchev–Trinajstić information content (AvgIpc) is 2.86. The Hall–Kier alpha value is -0.120. The van der Waals surface area contributed by atoms with Gasteiger partial charge in [0.2, 0.25) is 0 Å². The zero-order valence-corrected chi connectivity index (χ0v) is 13.5. The smallest absolute Gasteiger partial charge is 0.0471 e. The first kappa shape index (κ1) is 16.3. The quantitative estimate of drug-likeness (QED) is 0.753. The lowest BCUT2D eigenvalue weighted by Crippen LogP contribution is -2.45. The second-order valence-corrected chi connectivity index (χ2v) is 7.66. The topological polar surface area (TPSA) is 35.5 Å². The molecule has 2 fully saturated rings. The number of aliphatic hydroxyl groups is 1. The van der Waals surface area contributed by atoms with Gasteiger partial charge in [0, 0.05) is 26.2 Å². The molecule has 1 heterocycles. The van der Waals surface area contributed by atoms with Crippen LogP contribution in [0.15, 0.2) is 0 Å². The molecule has 0 amide bonds. The van der Waals surface area contributed by atoms with Crippen molar-refractivity contribution in [1.29, 1.82) is 0 Å². The second kappa shape index (κ2) is 7.77. The van der Waals surface area contributed by atoms with Crippen LogP contribution in [-0.2, 0) is 0 Å². The number of hydrogen-bond acceptors (Lipinski definition) is 3. The molecule has 2 N–H and O–H groups in total. The van der Waals surface area contributed by atoms with E-state index in [0.29, 0.717) is 17.9 Å². The number of nitrogens with zero attached hydrogens (tertiary/aromatic N) is 1. The van der Waals surface area contributed by atoms with E-state index < -0.39 is 0 Å². The van der Waals surface area contributed by atoms with Gasteiger partial charge in [-0.15, -0.1) is 0 Å². The molecule has 1 saturated carbocycles. The van der Waals surface area contributed by atoms with Crippen LogP contribution in [0.2, 0.25) is 0 Å². The summed E-state index contributed by atoms with van der Waals surface area (Å²) in [6, 6.07) is 0. The molecular weight excluding hydrogens is 248 g/mol. The van der Waals surface area contributed by atoms with Crippen LogP contribution in [0.5, 0.6) is 0 Å². The van der Waals surface area contributed by atoms with E-state index in [2.05, 4.69) is 24.1 Å². The van der Waals surface area contributed by atoms with Crippen molar-refractivity contribution < 1.29 is 5.11 Å². The van der Waals surface area contributed by atoms with Crippen LogP contribution in [0.3, 0.4) is 0 Å². The molecule has 3 heteroatoms. The lowest BCUT2D eigenvalue weighted by molar-refractivity contribution is 0.110. The number of hydrogen-bond donors (Lipinski definition) is 2. The maximum absolute atomic E-state index is 9.32. The van der Waals surface area contributed by atoms with Gasteiger partial charge in [0.25, 0.3) is 0 Å². The van der Waals surface area contributed by atoms with Gasteiger partial charge in [-0.25, -0.2) is 0 Å². The summed E-state index contributed by atoms with van der Waals surface area (Å²) in [7, 11) is 0. The van der Waals surface area contributed by atoms with Crippen molar-refractivity contribution in [3.63, 3.8) is 0 Å². The monoisotopic (exact) mass is 282 g/mol. The van der Waals surface area contributed by atoms with E-state index in [1.165, 1.54) is 58.2 Å². The third-order valence-corrected chi connectivity index (χ3v) is 5.15. The Morgan fingerprint density at radius 2 is 2.00 bits per heavy atom. The normalized spacial score (nSPS) is 27.3. The van der Waals surface area contributed by atoms with Gasteiger partial charge in [-0.2, -0.15) is 0 Å². The molecule has 20 heavy (non-hydrogen) atoms. The molecule has 2 aliphatic rings. The highest BCUT2D eigenvalue weighted by Crippen LogP contribution is 2.37. The van der Waals surface area contributed by atoms with Gasteiger partial charge in [-0.3, -0.25) is 0 Å². The van der Waals surface area contributed by atoms with Crippen LogP contribution < -0.4 is 5.32 Å². The largest absolute Gasteiger partial charge is 0.396 e. The molecule has 1 unspecified atom stereocenters. The van der Waals surface area contributed by atoms with Gasteiger partial charge in [-0.1, -0.05) is 33.1 Å². The fourth-order valence-electron chi connectivity index (χ4n) is 4.00. The van der Waals surface area contributed by atoms with Crippen LogP contribution in [0, 0.1) is 17.3 Å². The fourth-order valence-corrected chi connectivity index (χ4v) is 4.00. The Balaban J connectivity index is 1.86. The molecule has 1 atom stereocenters. The minimum atomic E-state index is 0.370. The third kappa shape index (κ3) is 4.71. The SMILES string of the molecule is CC(C)CNCC1(CN2CCC(CO)C2)CCCCC1. The molecule has 0 aromatic rings. The first-order chi connectivity index (χ1) is 9.63. The molecule has 1 aliphatic carbocycles. The van der Waals surface area contributed by atoms with Crippen molar-refractivity contribution in [2.75, 3.05) is 39.3 Å². The van der Waals surface area contributed by atoms with Crippen LogP contribution in [-0.4, -0.2) is 49.3 Å². The summed E-state index contributed by atoms with van der Waals surface area (Å²) in [6.07, 6.45) is 8.19. The molecule has 0 aromatic heterocycles. The second-order valence-electron chi connectivity index (χ2n) is 7.66. The van der Waals surface area contributed by atoms with E-state index in [1.54, 1.807) is 0 Å². The Morgan fingerprint density at radius 3 is 2.60 bits per heavy atom. The first-order valence-electron chi connectivity index (χ1n) is 8.67. The van der Waals surface area contributed by atoms with Gasteiger partial charge in [0.15, 0.2) is 0 Å². The Morgan fingerprint density at radius 1 is 1.25 bits per heavy atom. The Labute approximate surface area is 125 Å². The van der Waals surface area contributed by atoms with Crippen molar-refractivity contribution >= 4 is 0 Å². The van der Waals surface area contributed by atoms with E-state index >= 15 is 0 Å². The van der Waals surface area contributed by atoms with Crippen molar-refractivity contribution in [2.24, 2.45) is 17.3 Å². The minimum Gasteiger partial charge on any atom is -0.396 e. The average molecular weight is 282 g/mol. The highest BCUT2D eigenvalue weighted by molar-refractivity contribution is 4.90. The number of nitrogens with one attached hydrogen (secondary N) is 1. The third-order valence-electron chi connectivity index (χ3n) is 5.15.